The van der Waals surface area contributed by atoms with Crippen LogP contribution in [0, 0.1) is 5.82 Å². The van der Waals surface area contributed by atoms with Gasteiger partial charge in [0.05, 0.1) is 17.8 Å². The quantitative estimate of drug-likeness (QED) is 0.558. The number of piperidine rings is 1. The predicted octanol–water partition coefficient (Wildman–Crippen LogP) is 4.55. The van der Waals surface area contributed by atoms with Gasteiger partial charge in [-0.25, -0.2) is 12.8 Å². The van der Waals surface area contributed by atoms with E-state index in [2.05, 4.69) is 22.7 Å². The van der Waals surface area contributed by atoms with E-state index in [9.17, 15) is 12.8 Å². The van der Waals surface area contributed by atoms with E-state index in [1.165, 1.54) is 27.4 Å². The topological polar surface area (TPSA) is 64.4 Å². The van der Waals surface area contributed by atoms with Crippen LogP contribution in [0.25, 0.3) is 10.9 Å². The van der Waals surface area contributed by atoms with Gasteiger partial charge in [-0.05, 0) is 63.3 Å². The molecule has 0 unspecified atom stereocenters. The highest BCUT2D eigenvalue weighted by atomic mass is 32.2. The number of pyridine rings is 1. The molecule has 3 heterocycles. The van der Waals surface area contributed by atoms with E-state index in [0.29, 0.717) is 31.7 Å². The highest BCUT2D eigenvalue weighted by Crippen LogP contribution is 2.36. The summed E-state index contributed by atoms with van der Waals surface area (Å²) < 4.78 is 49.8. The molecule has 0 aliphatic carbocycles. The molecule has 0 bridgehead atoms. The smallest absolute Gasteiger partial charge is 0.245 e. The van der Waals surface area contributed by atoms with Gasteiger partial charge >= 0.3 is 0 Å². The summed E-state index contributed by atoms with van der Waals surface area (Å²) in [4.78, 5) is 3.94. The van der Waals surface area contributed by atoms with Gasteiger partial charge in [-0.2, -0.15) is 4.31 Å². The Bertz CT molecular complexity index is 1180. The van der Waals surface area contributed by atoms with E-state index in [1.54, 1.807) is 6.20 Å². The van der Waals surface area contributed by atoms with Crippen molar-refractivity contribution in [2.24, 2.45) is 0 Å². The summed E-state index contributed by atoms with van der Waals surface area (Å²) in [6.07, 6.45) is 7.10. The van der Waals surface area contributed by atoms with Crippen molar-refractivity contribution < 1.29 is 17.5 Å². The van der Waals surface area contributed by atoms with Gasteiger partial charge in [0.15, 0.2) is 0 Å². The number of sulfonamides is 1. The Morgan fingerprint density at radius 2 is 1.97 bits per heavy atom. The molecule has 6 nitrogen and oxygen atoms in total. The second-order valence-electron chi connectivity index (χ2n) is 8.20. The molecule has 0 N–H and O–H groups in total. The minimum Gasteiger partial charge on any atom is -0.491 e. The van der Waals surface area contributed by atoms with E-state index >= 15 is 0 Å². The van der Waals surface area contributed by atoms with Gasteiger partial charge in [-0.15, -0.1) is 0 Å². The largest absolute Gasteiger partial charge is 0.491 e. The van der Waals surface area contributed by atoms with E-state index in [0.717, 1.165) is 18.1 Å². The lowest BCUT2D eigenvalue weighted by atomic mass is 9.90. The summed E-state index contributed by atoms with van der Waals surface area (Å²) in [6, 6.07) is 5.98. The molecule has 2 aromatic heterocycles. The molecule has 0 saturated carbocycles. The lowest BCUT2D eigenvalue weighted by Crippen LogP contribution is -2.38. The SMILES string of the molecule is CCn1cc(C2CCN(S(=O)(=O)c3ccc(OC(C)C)cc3F)CC2)c2ccncc21. The third-order valence-electron chi connectivity index (χ3n) is 5.84. The summed E-state index contributed by atoms with van der Waals surface area (Å²) in [5, 5.41) is 1.17. The van der Waals surface area contributed by atoms with Crippen LogP contribution in [0.3, 0.4) is 0 Å². The Kier molecular flexibility index (Phi) is 6.03. The predicted molar refractivity (Wildman–Crippen MR) is 118 cm³/mol. The van der Waals surface area contributed by atoms with E-state index in [-0.39, 0.29) is 16.9 Å². The van der Waals surface area contributed by atoms with Crippen LogP contribution in [-0.2, 0) is 16.6 Å². The second-order valence-corrected chi connectivity index (χ2v) is 10.1. The average Bonchev–Trinajstić information content (AvgIpc) is 3.12. The minimum atomic E-state index is -3.90. The number of aromatic nitrogens is 2. The Hall–Kier alpha value is -2.45. The summed E-state index contributed by atoms with van der Waals surface area (Å²) in [7, 11) is -3.90. The average molecular weight is 446 g/mol. The zero-order valence-electron chi connectivity index (χ0n) is 18.1. The minimum absolute atomic E-state index is 0.115. The van der Waals surface area contributed by atoms with Crippen molar-refractivity contribution in [2.45, 2.75) is 57.1 Å². The zero-order valence-corrected chi connectivity index (χ0v) is 18.9. The lowest BCUT2D eigenvalue weighted by Gasteiger charge is -2.31. The maximum Gasteiger partial charge on any atom is 0.245 e. The lowest BCUT2D eigenvalue weighted by molar-refractivity contribution is 0.241. The fourth-order valence-corrected chi connectivity index (χ4v) is 5.85. The third-order valence-corrected chi connectivity index (χ3v) is 7.77. The fourth-order valence-electron chi connectivity index (χ4n) is 4.34. The van der Waals surface area contributed by atoms with Crippen LogP contribution in [-0.4, -0.2) is 41.5 Å². The summed E-state index contributed by atoms with van der Waals surface area (Å²) in [5.74, 6) is -0.193. The molecule has 1 saturated heterocycles. The summed E-state index contributed by atoms with van der Waals surface area (Å²) in [5.41, 5.74) is 2.33. The number of halogens is 1. The second kappa shape index (κ2) is 8.59. The first-order chi connectivity index (χ1) is 14.8. The zero-order chi connectivity index (χ0) is 22.2. The summed E-state index contributed by atoms with van der Waals surface area (Å²) >= 11 is 0. The highest BCUT2D eigenvalue weighted by Gasteiger charge is 2.33. The molecular formula is C23H28FN3O3S. The number of ether oxygens (including phenoxy) is 1. The summed E-state index contributed by atoms with van der Waals surface area (Å²) in [6.45, 7) is 7.34. The molecule has 1 aliphatic rings. The monoisotopic (exact) mass is 445 g/mol. The van der Waals surface area contributed by atoms with Crippen LogP contribution in [0.2, 0.25) is 0 Å². The molecule has 0 amide bonds. The molecule has 0 atom stereocenters. The van der Waals surface area contributed by atoms with Gasteiger partial charge in [0, 0.05) is 43.5 Å². The molecule has 166 valence electrons. The van der Waals surface area contributed by atoms with Crippen LogP contribution in [0.5, 0.6) is 5.75 Å². The number of hydrogen-bond acceptors (Lipinski definition) is 4. The van der Waals surface area contributed by atoms with Gasteiger partial charge < -0.3 is 9.30 Å². The first-order valence-electron chi connectivity index (χ1n) is 10.7. The van der Waals surface area contributed by atoms with Gasteiger partial charge in [-0.3, -0.25) is 4.98 Å². The van der Waals surface area contributed by atoms with Crippen LogP contribution < -0.4 is 4.74 Å². The Balaban J connectivity index is 1.52. The molecule has 31 heavy (non-hydrogen) atoms. The molecule has 1 aromatic carbocycles. The highest BCUT2D eigenvalue weighted by molar-refractivity contribution is 7.89. The molecule has 1 aliphatic heterocycles. The van der Waals surface area contributed by atoms with Crippen molar-refractivity contribution in [1.29, 1.82) is 0 Å². The van der Waals surface area contributed by atoms with Crippen molar-refractivity contribution in [3.8, 4) is 5.75 Å². The number of nitrogens with zero attached hydrogens (tertiary/aromatic N) is 3. The van der Waals surface area contributed by atoms with Crippen LogP contribution in [0.1, 0.15) is 45.1 Å². The third kappa shape index (κ3) is 4.19. The van der Waals surface area contributed by atoms with Crippen LogP contribution >= 0.6 is 0 Å². The number of hydrogen-bond donors (Lipinski definition) is 0. The van der Waals surface area contributed by atoms with Gasteiger partial charge in [0.1, 0.15) is 16.5 Å². The van der Waals surface area contributed by atoms with Gasteiger partial charge in [0.25, 0.3) is 0 Å². The molecule has 8 heteroatoms. The Morgan fingerprint density at radius 1 is 1.23 bits per heavy atom. The molecule has 3 aromatic rings. The van der Waals surface area contributed by atoms with Crippen LogP contribution in [0.15, 0.2) is 47.8 Å². The molecule has 0 spiro atoms. The number of fused-ring (bicyclic) bond motifs is 1. The number of rotatable bonds is 6. The standard InChI is InChI=1S/C23H28FN3O3S/c1-4-26-15-20(19-7-10-25-14-22(19)26)17-8-11-27(12-9-17)31(28,29)23-6-5-18(13-21(23)24)30-16(2)3/h5-7,10,13-17H,4,8-9,11-12H2,1-3H3. The molecular weight excluding hydrogens is 417 g/mol. The Morgan fingerprint density at radius 3 is 2.61 bits per heavy atom. The van der Waals surface area contributed by atoms with Gasteiger partial charge in [-0.1, -0.05) is 0 Å². The van der Waals surface area contributed by atoms with Crippen molar-refractivity contribution in [3.63, 3.8) is 0 Å². The maximum atomic E-state index is 14.6. The molecule has 0 radical (unpaired) electrons. The maximum absolute atomic E-state index is 14.6. The number of benzene rings is 1. The Labute approximate surface area is 182 Å². The van der Waals surface area contributed by atoms with E-state index in [4.69, 9.17) is 4.74 Å². The van der Waals surface area contributed by atoms with Crippen molar-refractivity contribution >= 4 is 20.9 Å². The van der Waals surface area contributed by atoms with Crippen molar-refractivity contribution in [2.75, 3.05) is 13.1 Å². The van der Waals surface area contributed by atoms with E-state index < -0.39 is 15.8 Å². The fraction of sp³-hybridized carbons (Fsp3) is 0.435. The first-order valence-corrected chi connectivity index (χ1v) is 12.1. The number of aryl methyl sites for hydroxylation is 1. The first kappa shape index (κ1) is 21.8. The normalized spacial score (nSPS) is 16.3. The van der Waals surface area contributed by atoms with E-state index in [1.807, 2.05) is 26.1 Å². The molecule has 1 fully saturated rings. The van der Waals surface area contributed by atoms with Crippen molar-refractivity contribution in [1.82, 2.24) is 13.9 Å². The van der Waals surface area contributed by atoms with Crippen molar-refractivity contribution in [3.05, 3.63) is 54.2 Å². The van der Waals surface area contributed by atoms with Crippen LogP contribution in [0.4, 0.5) is 4.39 Å². The van der Waals surface area contributed by atoms with Gasteiger partial charge in [0.2, 0.25) is 10.0 Å². The molecule has 4 rings (SSSR count).